The molecule has 0 N–H and O–H groups in total. The van der Waals surface area contributed by atoms with Gasteiger partial charge in [0.25, 0.3) is 0 Å². The van der Waals surface area contributed by atoms with Crippen molar-refractivity contribution >= 4 is 58.0 Å². The lowest BCUT2D eigenvalue weighted by Gasteiger charge is -2.24. The number of hydrogen-bond acceptors (Lipinski definition) is 0. The van der Waals surface area contributed by atoms with E-state index in [1.165, 1.54) is 0 Å². The maximum absolute atomic E-state index is 6.31. The summed E-state index contributed by atoms with van der Waals surface area (Å²) in [5.74, 6) is 0.349. The molecule has 0 aliphatic heterocycles. The van der Waals surface area contributed by atoms with E-state index in [1.807, 2.05) is 13.8 Å². The molecule has 0 radical (unpaired) electrons. The second-order valence-electron chi connectivity index (χ2n) is 3.66. The number of rotatable bonds is 2. The smallest absolute Gasteiger partial charge is 0.107 e. The average molecular weight is 294 g/mol. The van der Waals surface area contributed by atoms with Gasteiger partial charge in [0, 0.05) is 0 Å². The minimum absolute atomic E-state index is 0.258. The lowest BCUT2D eigenvalue weighted by Crippen LogP contribution is -2.22. The molecule has 0 atom stereocenters. The molecular formula is C9H9Cl5. The lowest BCUT2D eigenvalue weighted by molar-refractivity contribution is 0.546. The molecule has 5 heteroatoms. The molecule has 0 saturated heterocycles. The lowest BCUT2D eigenvalue weighted by atomic mass is 9.97. The molecule has 1 aliphatic carbocycles. The Morgan fingerprint density at radius 1 is 1.00 bits per heavy atom. The van der Waals surface area contributed by atoms with Crippen LogP contribution in [0, 0.1) is 5.92 Å². The Bertz CT molecular complexity index is 289. The summed E-state index contributed by atoms with van der Waals surface area (Å²) in [6.45, 7) is 4.05. The molecule has 1 aliphatic rings. The van der Waals surface area contributed by atoms with E-state index in [0.717, 1.165) is 0 Å². The highest BCUT2D eigenvalue weighted by molar-refractivity contribution is 6.58. The first kappa shape index (κ1) is 13.0. The second-order valence-corrected chi connectivity index (χ2v) is 5.81. The largest absolute Gasteiger partial charge is 0.119 e. The molecule has 0 spiro atoms. The summed E-state index contributed by atoms with van der Waals surface area (Å²) >= 11 is 30.1. The molecule has 0 saturated carbocycles. The zero-order valence-corrected chi connectivity index (χ0v) is 11.5. The standard InChI is InChI=1S/C9H9Cl5/c1-4(2)3-9(14)7(12)5(10)6(11)8(9)13/h4H,3H2,1-2H3. The molecule has 1 rings (SSSR count). The van der Waals surface area contributed by atoms with E-state index in [9.17, 15) is 0 Å². The van der Waals surface area contributed by atoms with Gasteiger partial charge in [0.2, 0.25) is 0 Å². The summed E-state index contributed by atoms with van der Waals surface area (Å²) in [6, 6.07) is 0. The van der Waals surface area contributed by atoms with E-state index in [4.69, 9.17) is 58.0 Å². The zero-order chi connectivity index (χ0) is 11.1. The van der Waals surface area contributed by atoms with E-state index >= 15 is 0 Å². The first-order chi connectivity index (χ1) is 6.30. The van der Waals surface area contributed by atoms with E-state index < -0.39 is 4.87 Å². The molecule has 0 aromatic heterocycles. The first-order valence-electron chi connectivity index (χ1n) is 4.11. The summed E-state index contributed by atoms with van der Waals surface area (Å²) in [5, 5.41) is 1.16. The molecule has 0 amide bonds. The quantitative estimate of drug-likeness (QED) is 0.598. The minimum atomic E-state index is -0.925. The van der Waals surface area contributed by atoms with Gasteiger partial charge in [-0.2, -0.15) is 0 Å². The summed E-state index contributed by atoms with van der Waals surface area (Å²) < 4.78 is 0. The summed E-state index contributed by atoms with van der Waals surface area (Å²) in [6.07, 6.45) is 0.610. The molecule has 80 valence electrons. The van der Waals surface area contributed by atoms with Crippen LogP contribution in [0.3, 0.4) is 0 Å². The highest BCUT2D eigenvalue weighted by Crippen LogP contribution is 2.54. The van der Waals surface area contributed by atoms with Gasteiger partial charge >= 0.3 is 0 Å². The molecule has 0 heterocycles. The topological polar surface area (TPSA) is 0 Å². The normalized spacial score (nSPS) is 21.4. The fourth-order valence-electron chi connectivity index (χ4n) is 1.38. The van der Waals surface area contributed by atoms with Gasteiger partial charge in [-0.3, -0.25) is 0 Å². The summed E-state index contributed by atoms with van der Waals surface area (Å²) in [5.41, 5.74) is 0. The van der Waals surface area contributed by atoms with Crippen LogP contribution in [0.4, 0.5) is 0 Å². The molecule has 14 heavy (non-hydrogen) atoms. The third kappa shape index (κ3) is 2.05. The molecule has 0 aromatic rings. The highest BCUT2D eigenvalue weighted by Gasteiger charge is 2.44. The van der Waals surface area contributed by atoms with Crippen LogP contribution in [0.1, 0.15) is 20.3 Å². The summed E-state index contributed by atoms with van der Waals surface area (Å²) in [7, 11) is 0. The van der Waals surface area contributed by atoms with Crippen LogP contribution in [0.15, 0.2) is 20.1 Å². The van der Waals surface area contributed by atoms with Crippen molar-refractivity contribution in [1.29, 1.82) is 0 Å². The Balaban J connectivity index is 3.12. The Kier molecular flexibility index (Phi) is 4.11. The van der Waals surface area contributed by atoms with E-state index in [0.29, 0.717) is 22.4 Å². The monoisotopic (exact) mass is 292 g/mol. The molecule has 0 aromatic carbocycles. The van der Waals surface area contributed by atoms with Crippen molar-refractivity contribution in [2.45, 2.75) is 25.1 Å². The maximum atomic E-state index is 6.31. The number of hydrogen-bond donors (Lipinski definition) is 0. The molecular weight excluding hydrogens is 285 g/mol. The minimum Gasteiger partial charge on any atom is -0.107 e. The third-order valence-electron chi connectivity index (χ3n) is 1.96. The van der Waals surface area contributed by atoms with Crippen LogP contribution in [0.2, 0.25) is 0 Å². The maximum Gasteiger partial charge on any atom is 0.119 e. The van der Waals surface area contributed by atoms with Gasteiger partial charge in [0.1, 0.15) is 4.87 Å². The van der Waals surface area contributed by atoms with Crippen molar-refractivity contribution in [3.8, 4) is 0 Å². The van der Waals surface area contributed by atoms with Gasteiger partial charge < -0.3 is 0 Å². The number of allylic oxidation sites excluding steroid dienone is 4. The van der Waals surface area contributed by atoms with Crippen molar-refractivity contribution in [3.63, 3.8) is 0 Å². The van der Waals surface area contributed by atoms with Gasteiger partial charge in [0.05, 0.1) is 20.1 Å². The van der Waals surface area contributed by atoms with Crippen molar-refractivity contribution in [3.05, 3.63) is 20.1 Å². The molecule has 0 unspecified atom stereocenters. The number of halogens is 5. The van der Waals surface area contributed by atoms with Crippen molar-refractivity contribution < 1.29 is 0 Å². The summed E-state index contributed by atoms with van der Waals surface area (Å²) in [4.78, 5) is -0.925. The van der Waals surface area contributed by atoms with Gasteiger partial charge in [-0.1, -0.05) is 60.3 Å². The Labute approximate surface area is 109 Å². The molecule has 0 bridgehead atoms. The van der Waals surface area contributed by atoms with Crippen molar-refractivity contribution in [2.24, 2.45) is 5.92 Å². The van der Waals surface area contributed by atoms with Crippen LogP contribution in [0.25, 0.3) is 0 Å². The predicted molar refractivity (Wildman–Crippen MR) is 65.5 cm³/mol. The van der Waals surface area contributed by atoms with Gasteiger partial charge in [-0.15, -0.1) is 11.6 Å². The average Bonchev–Trinajstić information content (AvgIpc) is 2.21. The Hall–Kier alpha value is 0.930. The van der Waals surface area contributed by atoms with E-state index in [-0.39, 0.29) is 10.1 Å². The predicted octanol–water partition coefficient (Wildman–Crippen LogP) is 5.40. The van der Waals surface area contributed by atoms with Crippen LogP contribution in [-0.4, -0.2) is 4.87 Å². The number of alkyl halides is 1. The van der Waals surface area contributed by atoms with Crippen LogP contribution in [0.5, 0.6) is 0 Å². The Morgan fingerprint density at radius 2 is 1.36 bits per heavy atom. The van der Waals surface area contributed by atoms with Crippen LogP contribution < -0.4 is 0 Å². The van der Waals surface area contributed by atoms with E-state index in [2.05, 4.69) is 0 Å². The highest BCUT2D eigenvalue weighted by atomic mass is 35.5. The van der Waals surface area contributed by atoms with Crippen LogP contribution in [-0.2, 0) is 0 Å². The fraction of sp³-hybridized carbons (Fsp3) is 0.556. The molecule has 0 nitrogen and oxygen atoms in total. The van der Waals surface area contributed by atoms with Crippen molar-refractivity contribution in [2.75, 3.05) is 0 Å². The Morgan fingerprint density at radius 3 is 1.64 bits per heavy atom. The second kappa shape index (κ2) is 4.43. The van der Waals surface area contributed by atoms with Gasteiger partial charge in [-0.25, -0.2) is 0 Å². The van der Waals surface area contributed by atoms with Crippen molar-refractivity contribution in [1.82, 2.24) is 0 Å². The van der Waals surface area contributed by atoms with Gasteiger partial charge in [0.15, 0.2) is 0 Å². The van der Waals surface area contributed by atoms with Gasteiger partial charge in [-0.05, 0) is 12.3 Å². The SMILES string of the molecule is CC(C)CC1(Cl)C(Cl)=C(Cl)C(Cl)=C1Cl. The third-order valence-corrected chi connectivity index (χ3v) is 4.76. The first-order valence-corrected chi connectivity index (χ1v) is 6.00. The molecule has 0 fully saturated rings. The van der Waals surface area contributed by atoms with E-state index in [1.54, 1.807) is 0 Å². The van der Waals surface area contributed by atoms with Crippen LogP contribution >= 0.6 is 58.0 Å². The fourth-order valence-corrected chi connectivity index (χ4v) is 3.16. The zero-order valence-electron chi connectivity index (χ0n) is 7.67.